The first-order chi connectivity index (χ1) is 9.92. The average Bonchev–Trinajstić information content (AvgIpc) is 2.45. The molecule has 0 radical (unpaired) electrons. The summed E-state index contributed by atoms with van der Waals surface area (Å²) in [7, 11) is 0. The van der Waals surface area contributed by atoms with Crippen molar-refractivity contribution < 1.29 is 0 Å². The Morgan fingerprint density at radius 2 is 1.76 bits per heavy atom. The fourth-order valence-electron chi connectivity index (χ4n) is 2.28. The summed E-state index contributed by atoms with van der Waals surface area (Å²) >= 11 is 15.9. The van der Waals surface area contributed by atoms with E-state index in [0.717, 1.165) is 15.7 Å². The lowest BCUT2D eigenvalue weighted by atomic mass is 10.1. The van der Waals surface area contributed by atoms with Crippen molar-refractivity contribution in [1.29, 1.82) is 0 Å². The molecule has 0 amide bonds. The van der Waals surface area contributed by atoms with Crippen LogP contribution in [-0.4, -0.2) is 6.54 Å². The number of rotatable bonds is 4. The Balaban J connectivity index is 2.33. The maximum Gasteiger partial charge on any atom is 0.0651 e. The maximum absolute atomic E-state index is 6.26. The van der Waals surface area contributed by atoms with Gasteiger partial charge in [0.15, 0.2) is 0 Å². The van der Waals surface area contributed by atoms with E-state index in [1.165, 1.54) is 11.1 Å². The first kappa shape index (κ1) is 16.6. The molecule has 3 N–H and O–H groups in total. The zero-order valence-corrected chi connectivity index (χ0v) is 15.0. The van der Waals surface area contributed by atoms with Crippen LogP contribution in [0.5, 0.6) is 0 Å². The third-order valence-electron chi connectivity index (χ3n) is 3.35. The number of nitrogens with two attached hydrogens (primary N) is 1. The largest absolute Gasteiger partial charge is 0.377 e. The van der Waals surface area contributed by atoms with Crippen LogP contribution < -0.4 is 11.1 Å². The van der Waals surface area contributed by atoms with Gasteiger partial charge in [0.1, 0.15) is 0 Å². The highest BCUT2D eigenvalue weighted by Gasteiger charge is 2.14. The van der Waals surface area contributed by atoms with Gasteiger partial charge in [-0.3, -0.25) is 0 Å². The van der Waals surface area contributed by atoms with Gasteiger partial charge < -0.3 is 11.1 Å². The van der Waals surface area contributed by atoms with E-state index in [2.05, 4.69) is 47.2 Å². The Hall–Kier alpha value is -0.740. The van der Waals surface area contributed by atoms with Gasteiger partial charge in [0.05, 0.1) is 6.04 Å². The van der Waals surface area contributed by atoms with Gasteiger partial charge in [-0.2, -0.15) is 0 Å². The van der Waals surface area contributed by atoms with Gasteiger partial charge in [-0.1, -0.05) is 39.1 Å². The second kappa shape index (κ2) is 7.01. The lowest BCUT2D eigenvalue weighted by Crippen LogP contribution is -2.21. The van der Waals surface area contributed by atoms with Crippen LogP contribution in [0.15, 0.2) is 34.8 Å². The van der Waals surface area contributed by atoms with Gasteiger partial charge in [0, 0.05) is 26.8 Å². The number of halogens is 3. The van der Waals surface area contributed by atoms with Gasteiger partial charge in [-0.25, -0.2) is 0 Å². The molecule has 0 aliphatic heterocycles. The average molecular weight is 388 g/mol. The molecule has 1 unspecified atom stereocenters. The highest BCUT2D eigenvalue weighted by Crippen LogP contribution is 2.30. The molecule has 0 aliphatic carbocycles. The van der Waals surface area contributed by atoms with Crippen molar-refractivity contribution in [2.24, 2.45) is 5.73 Å². The molecular formula is C16H17BrCl2N2. The van der Waals surface area contributed by atoms with E-state index in [9.17, 15) is 0 Å². The van der Waals surface area contributed by atoms with Crippen LogP contribution in [0.2, 0.25) is 10.0 Å². The number of aryl methyl sites for hydroxylation is 2. The van der Waals surface area contributed by atoms with E-state index < -0.39 is 0 Å². The second-order valence-corrected chi connectivity index (χ2v) is 6.66. The fraction of sp³-hybridized carbons (Fsp3) is 0.250. The molecule has 5 heteroatoms. The Morgan fingerprint density at radius 3 is 2.33 bits per heavy atom. The van der Waals surface area contributed by atoms with Crippen molar-refractivity contribution in [3.05, 3.63) is 61.5 Å². The molecule has 2 aromatic rings. The minimum Gasteiger partial charge on any atom is -0.377 e. The van der Waals surface area contributed by atoms with Gasteiger partial charge in [0.25, 0.3) is 0 Å². The zero-order valence-electron chi connectivity index (χ0n) is 11.9. The molecule has 0 heterocycles. The van der Waals surface area contributed by atoms with Crippen molar-refractivity contribution in [3.8, 4) is 0 Å². The first-order valence-electron chi connectivity index (χ1n) is 6.60. The van der Waals surface area contributed by atoms with Crippen LogP contribution in [0.3, 0.4) is 0 Å². The van der Waals surface area contributed by atoms with Crippen LogP contribution in [0, 0.1) is 13.8 Å². The van der Waals surface area contributed by atoms with E-state index >= 15 is 0 Å². The highest BCUT2D eigenvalue weighted by molar-refractivity contribution is 9.10. The summed E-state index contributed by atoms with van der Waals surface area (Å²) in [5.74, 6) is 0. The molecule has 1 atom stereocenters. The topological polar surface area (TPSA) is 38.0 Å². The van der Waals surface area contributed by atoms with Gasteiger partial charge in [-0.15, -0.1) is 0 Å². The van der Waals surface area contributed by atoms with Crippen molar-refractivity contribution >= 4 is 44.8 Å². The van der Waals surface area contributed by atoms with Crippen LogP contribution in [-0.2, 0) is 0 Å². The quantitative estimate of drug-likeness (QED) is 0.728. The molecule has 0 aromatic heterocycles. The van der Waals surface area contributed by atoms with Crippen molar-refractivity contribution in [1.82, 2.24) is 0 Å². The number of hydrogen-bond donors (Lipinski definition) is 2. The molecule has 0 bridgehead atoms. The number of hydrogen-bond acceptors (Lipinski definition) is 2. The van der Waals surface area contributed by atoms with Crippen LogP contribution in [0.4, 0.5) is 5.69 Å². The number of benzene rings is 2. The summed E-state index contributed by atoms with van der Waals surface area (Å²) in [4.78, 5) is 0. The third kappa shape index (κ3) is 3.92. The monoisotopic (exact) mass is 386 g/mol. The molecule has 112 valence electrons. The lowest BCUT2D eigenvalue weighted by Gasteiger charge is -2.21. The van der Waals surface area contributed by atoms with E-state index in [4.69, 9.17) is 28.9 Å². The third-order valence-corrected chi connectivity index (χ3v) is 5.18. The summed E-state index contributed by atoms with van der Waals surface area (Å²) in [5, 5.41) is 4.74. The predicted molar refractivity (Wildman–Crippen MR) is 95.5 cm³/mol. The Labute approximate surface area is 143 Å². The molecule has 21 heavy (non-hydrogen) atoms. The minimum atomic E-state index is -0.0869. The molecule has 0 fully saturated rings. The zero-order chi connectivity index (χ0) is 15.6. The molecule has 0 spiro atoms. The maximum atomic E-state index is 6.26. The van der Waals surface area contributed by atoms with Crippen LogP contribution in [0.25, 0.3) is 0 Å². The van der Waals surface area contributed by atoms with Crippen LogP contribution in [0.1, 0.15) is 22.7 Å². The lowest BCUT2D eigenvalue weighted by molar-refractivity contribution is 0.790. The number of nitrogens with one attached hydrogen (secondary N) is 1. The second-order valence-electron chi connectivity index (χ2n) is 5.02. The molecule has 0 saturated carbocycles. The summed E-state index contributed by atoms with van der Waals surface area (Å²) in [6, 6.07) is 9.50. The predicted octanol–water partition coefficient (Wildman–Crippen LogP) is 5.48. The molecule has 2 aromatic carbocycles. The fourth-order valence-corrected chi connectivity index (χ4v) is 2.93. The molecule has 0 aliphatic rings. The normalized spacial score (nSPS) is 12.3. The SMILES string of the molecule is Cc1cc(NC(CN)c2cc(Cl)ccc2Cl)cc(C)c1Br. The van der Waals surface area contributed by atoms with Crippen molar-refractivity contribution in [3.63, 3.8) is 0 Å². The number of anilines is 1. The molecule has 2 rings (SSSR count). The highest BCUT2D eigenvalue weighted by atomic mass is 79.9. The molecule has 2 nitrogen and oxygen atoms in total. The Morgan fingerprint density at radius 1 is 1.14 bits per heavy atom. The summed E-state index contributed by atoms with van der Waals surface area (Å²) < 4.78 is 1.12. The summed E-state index contributed by atoms with van der Waals surface area (Å²) in [5.41, 5.74) is 10.2. The van der Waals surface area contributed by atoms with Crippen molar-refractivity contribution in [2.75, 3.05) is 11.9 Å². The van der Waals surface area contributed by atoms with E-state index in [1.807, 2.05) is 6.07 Å². The van der Waals surface area contributed by atoms with Crippen LogP contribution >= 0.6 is 39.1 Å². The van der Waals surface area contributed by atoms with Gasteiger partial charge in [-0.05, 0) is 60.9 Å². The smallest absolute Gasteiger partial charge is 0.0651 e. The molecule has 0 saturated heterocycles. The summed E-state index contributed by atoms with van der Waals surface area (Å²) in [6.45, 7) is 4.55. The van der Waals surface area contributed by atoms with E-state index in [-0.39, 0.29) is 6.04 Å². The van der Waals surface area contributed by atoms with E-state index in [1.54, 1.807) is 12.1 Å². The summed E-state index contributed by atoms with van der Waals surface area (Å²) in [6.07, 6.45) is 0. The minimum absolute atomic E-state index is 0.0869. The molecular weight excluding hydrogens is 371 g/mol. The van der Waals surface area contributed by atoms with Gasteiger partial charge >= 0.3 is 0 Å². The first-order valence-corrected chi connectivity index (χ1v) is 8.15. The van der Waals surface area contributed by atoms with Gasteiger partial charge in [0.2, 0.25) is 0 Å². The Kier molecular flexibility index (Phi) is 5.55. The standard InChI is InChI=1S/C16H17BrCl2N2/c1-9-5-12(6-10(2)16(9)17)21-15(8-20)13-7-11(18)3-4-14(13)19/h3-7,15,21H,8,20H2,1-2H3. The van der Waals surface area contributed by atoms with E-state index in [0.29, 0.717) is 16.6 Å². The Bertz CT molecular complexity index is 636. The van der Waals surface area contributed by atoms with Crippen molar-refractivity contribution in [2.45, 2.75) is 19.9 Å².